The summed E-state index contributed by atoms with van der Waals surface area (Å²) in [5.41, 5.74) is 1.96. The molecule has 1 heterocycles. The molecule has 0 bridgehead atoms. The van der Waals surface area contributed by atoms with Crippen LogP contribution in [0, 0.1) is 0 Å². The topological polar surface area (TPSA) is 53.9 Å². The van der Waals surface area contributed by atoms with Crippen LogP contribution in [0.1, 0.15) is 45.1 Å². The van der Waals surface area contributed by atoms with Gasteiger partial charge in [-0.1, -0.05) is 13.0 Å². The minimum Gasteiger partial charge on any atom is -0.460 e. The summed E-state index contributed by atoms with van der Waals surface area (Å²) in [6.07, 6.45) is -0.642. The number of amidine groups is 1. The number of hydrogen-bond acceptors (Lipinski definition) is 4. The van der Waals surface area contributed by atoms with Gasteiger partial charge in [-0.25, -0.2) is 4.79 Å². The van der Waals surface area contributed by atoms with E-state index in [0.29, 0.717) is 6.54 Å². The number of halogens is 3. The van der Waals surface area contributed by atoms with Gasteiger partial charge in [0.15, 0.2) is 0 Å². The van der Waals surface area contributed by atoms with Gasteiger partial charge in [0.25, 0.3) is 0 Å². The summed E-state index contributed by atoms with van der Waals surface area (Å²) in [7, 11) is 0. The van der Waals surface area contributed by atoms with Crippen molar-refractivity contribution in [3.05, 3.63) is 29.8 Å². The third-order valence-corrected chi connectivity index (χ3v) is 4.31. The van der Waals surface area contributed by atoms with Crippen molar-refractivity contribution in [3.63, 3.8) is 0 Å². The summed E-state index contributed by atoms with van der Waals surface area (Å²) in [4.78, 5) is 14.2. The first kappa shape index (κ1) is 20.1. The fourth-order valence-corrected chi connectivity index (χ4v) is 3.01. The Balaban J connectivity index is 2.26. The minimum absolute atomic E-state index is 0.107. The molecule has 144 valence electrons. The van der Waals surface area contributed by atoms with Crippen LogP contribution in [0.15, 0.2) is 29.4 Å². The average molecular weight is 371 g/mol. The van der Waals surface area contributed by atoms with Gasteiger partial charge in [-0.3, -0.25) is 5.43 Å². The SMILES string of the molecule is CCOC(=O)/C(=N\Nc1cccc(C(F)(F)F)c1)N1CCCCC1CC. The third-order valence-electron chi connectivity index (χ3n) is 4.31. The van der Waals surface area contributed by atoms with Crippen LogP contribution in [0.25, 0.3) is 0 Å². The molecular formula is C18H24F3N3O2. The Morgan fingerprint density at radius 1 is 1.35 bits per heavy atom. The maximum atomic E-state index is 12.8. The van der Waals surface area contributed by atoms with Gasteiger partial charge in [0.1, 0.15) is 0 Å². The highest BCUT2D eigenvalue weighted by Crippen LogP contribution is 2.30. The van der Waals surface area contributed by atoms with Crippen LogP contribution in [0.3, 0.4) is 0 Å². The van der Waals surface area contributed by atoms with E-state index in [9.17, 15) is 18.0 Å². The molecule has 8 heteroatoms. The van der Waals surface area contributed by atoms with Crippen molar-refractivity contribution in [3.8, 4) is 0 Å². The number of piperidine rings is 1. The smallest absolute Gasteiger partial charge is 0.416 e. The standard InChI is InChI=1S/C18H24F3N3O2/c1-3-15-10-5-6-11-24(15)16(17(25)26-4-2)23-22-14-9-7-8-13(12-14)18(19,20)21/h7-9,12,15,22H,3-6,10-11H2,1-2H3/b23-16+. The van der Waals surface area contributed by atoms with E-state index in [2.05, 4.69) is 10.5 Å². The van der Waals surface area contributed by atoms with Gasteiger partial charge in [-0.05, 0) is 50.8 Å². The summed E-state index contributed by atoms with van der Waals surface area (Å²) in [5.74, 6) is -0.469. The first-order valence-corrected chi connectivity index (χ1v) is 8.81. The van der Waals surface area contributed by atoms with E-state index in [1.54, 1.807) is 6.92 Å². The molecule has 0 amide bonds. The van der Waals surface area contributed by atoms with Crippen LogP contribution >= 0.6 is 0 Å². The second-order valence-electron chi connectivity index (χ2n) is 6.10. The molecule has 1 N–H and O–H groups in total. The Kier molecular flexibility index (Phi) is 6.88. The van der Waals surface area contributed by atoms with Crippen LogP contribution in [0.5, 0.6) is 0 Å². The summed E-state index contributed by atoms with van der Waals surface area (Å²) in [6, 6.07) is 4.86. The van der Waals surface area contributed by atoms with Crippen LogP contribution in [-0.4, -0.2) is 35.9 Å². The molecule has 26 heavy (non-hydrogen) atoms. The number of alkyl halides is 3. The van der Waals surface area contributed by atoms with Gasteiger partial charge in [-0.2, -0.15) is 13.2 Å². The van der Waals surface area contributed by atoms with Crippen molar-refractivity contribution in [2.75, 3.05) is 18.6 Å². The summed E-state index contributed by atoms with van der Waals surface area (Å²) < 4.78 is 43.6. The fourth-order valence-electron chi connectivity index (χ4n) is 3.01. The molecule has 2 rings (SSSR count). The van der Waals surface area contributed by atoms with Crippen molar-refractivity contribution in [1.82, 2.24) is 4.90 Å². The number of nitrogens with one attached hydrogen (secondary N) is 1. The second kappa shape index (κ2) is 8.91. The minimum atomic E-state index is -4.44. The normalized spacial score (nSPS) is 18.6. The Hall–Kier alpha value is -2.25. The van der Waals surface area contributed by atoms with Crippen molar-refractivity contribution >= 4 is 17.5 Å². The molecule has 1 aliphatic heterocycles. The molecule has 1 aromatic carbocycles. The average Bonchev–Trinajstić information content (AvgIpc) is 2.62. The maximum Gasteiger partial charge on any atom is 0.416 e. The van der Waals surface area contributed by atoms with Crippen LogP contribution in [-0.2, 0) is 15.7 Å². The number of esters is 1. The van der Waals surface area contributed by atoms with Crippen molar-refractivity contribution in [2.45, 2.75) is 51.7 Å². The number of nitrogens with zero attached hydrogens (tertiary/aromatic N) is 2. The quantitative estimate of drug-likeness (QED) is 0.372. The van der Waals surface area contributed by atoms with Crippen molar-refractivity contribution in [1.29, 1.82) is 0 Å². The maximum absolute atomic E-state index is 12.8. The predicted molar refractivity (Wildman–Crippen MR) is 93.8 cm³/mol. The molecule has 1 fully saturated rings. The van der Waals surface area contributed by atoms with E-state index < -0.39 is 17.7 Å². The van der Waals surface area contributed by atoms with Crippen LogP contribution in [0.4, 0.5) is 18.9 Å². The highest BCUT2D eigenvalue weighted by molar-refractivity contribution is 6.35. The number of carbonyl (C=O) groups is 1. The lowest BCUT2D eigenvalue weighted by molar-refractivity contribution is -0.138. The number of carbonyl (C=O) groups excluding carboxylic acids is 1. The molecule has 0 radical (unpaired) electrons. The van der Waals surface area contributed by atoms with E-state index in [4.69, 9.17) is 4.74 Å². The highest BCUT2D eigenvalue weighted by atomic mass is 19.4. The van der Waals surface area contributed by atoms with Gasteiger partial charge in [0.2, 0.25) is 5.84 Å². The molecule has 5 nitrogen and oxygen atoms in total. The highest BCUT2D eigenvalue weighted by Gasteiger charge is 2.31. The Morgan fingerprint density at radius 2 is 2.12 bits per heavy atom. The number of rotatable bonds is 4. The van der Waals surface area contributed by atoms with Crippen molar-refractivity contribution < 1.29 is 22.7 Å². The second-order valence-corrected chi connectivity index (χ2v) is 6.10. The molecule has 1 atom stereocenters. The first-order valence-electron chi connectivity index (χ1n) is 8.81. The zero-order valence-electron chi connectivity index (χ0n) is 15.0. The number of anilines is 1. The monoisotopic (exact) mass is 371 g/mol. The van der Waals surface area contributed by atoms with Gasteiger partial charge >= 0.3 is 12.1 Å². The molecule has 1 unspecified atom stereocenters. The summed E-state index contributed by atoms with van der Waals surface area (Å²) >= 11 is 0. The molecule has 0 spiro atoms. The number of hydrazone groups is 1. The van der Waals surface area contributed by atoms with E-state index in [-0.39, 0.29) is 24.2 Å². The third kappa shape index (κ3) is 5.12. The summed E-state index contributed by atoms with van der Waals surface area (Å²) in [5, 5.41) is 4.11. The molecule has 0 aliphatic carbocycles. The Morgan fingerprint density at radius 3 is 2.77 bits per heavy atom. The number of ether oxygens (including phenoxy) is 1. The van der Waals surface area contributed by atoms with Crippen LogP contribution in [0.2, 0.25) is 0 Å². The number of benzene rings is 1. The Labute approximate surface area is 151 Å². The number of hydrogen-bond donors (Lipinski definition) is 1. The van der Waals surface area contributed by atoms with E-state index in [1.165, 1.54) is 12.1 Å². The van der Waals surface area contributed by atoms with Gasteiger partial charge < -0.3 is 9.64 Å². The zero-order valence-corrected chi connectivity index (χ0v) is 15.0. The number of likely N-dealkylation sites (tertiary alicyclic amines) is 1. The lowest BCUT2D eigenvalue weighted by Crippen LogP contribution is -2.47. The zero-order chi connectivity index (χ0) is 19.2. The molecule has 0 aromatic heterocycles. The van der Waals surface area contributed by atoms with E-state index in [1.807, 2.05) is 11.8 Å². The Bertz CT molecular complexity index is 647. The molecule has 1 aromatic rings. The molecular weight excluding hydrogens is 347 g/mol. The largest absolute Gasteiger partial charge is 0.460 e. The molecule has 0 saturated carbocycles. The lowest BCUT2D eigenvalue weighted by Gasteiger charge is -2.36. The fraction of sp³-hybridized carbons (Fsp3) is 0.556. The van der Waals surface area contributed by atoms with Crippen LogP contribution < -0.4 is 5.43 Å². The van der Waals surface area contributed by atoms with Crippen molar-refractivity contribution in [2.24, 2.45) is 5.10 Å². The van der Waals surface area contributed by atoms with Gasteiger partial charge in [-0.15, -0.1) is 5.10 Å². The summed E-state index contributed by atoms with van der Waals surface area (Å²) in [6.45, 7) is 4.60. The first-order chi connectivity index (χ1) is 12.4. The van der Waals surface area contributed by atoms with Gasteiger partial charge in [0, 0.05) is 12.6 Å². The predicted octanol–water partition coefficient (Wildman–Crippen LogP) is 4.26. The molecule has 1 saturated heterocycles. The van der Waals surface area contributed by atoms with E-state index in [0.717, 1.165) is 37.8 Å². The lowest BCUT2D eigenvalue weighted by atomic mass is 10.00. The van der Waals surface area contributed by atoms with Gasteiger partial charge in [0.05, 0.1) is 17.9 Å². The molecule has 1 aliphatic rings. The van der Waals surface area contributed by atoms with E-state index >= 15 is 0 Å².